The van der Waals surface area contributed by atoms with Crippen LogP contribution in [0.5, 0.6) is 0 Å². The molecule has 0 spiro atoms. The van der Waals surface area contributed by atoms with Crippen LogP contribution < -0.4 is 5.32 Å². The molecule has 0 rings (SSSR count). The topological polar surface area (TPSA) is 75.6 Å². The van der Waals surface area contributed by atoms with Gasteiger partial charge in [-0.1, -0.05) is 19.6 Å². The third-order valence-corrected chi connectivity index (χ3v) is 2.61. The summed E-state index contributed by atoms with van der Waals surface area (Å²) in [5.41, 5.74) is -1.25. The number of nitrogens with one attached hydrogen (secondary N) is 1. The third-order valence-electron chi connectivity index (χ3n) is 2.61. The fourth-order valence-corrected chi connectivity index (χ4v) is 1.47. The number of rotatable bonds is 10. The number of hydrogen-bond acceptors (Lipinski definition) is 3. The molecule has 0 aromatic rings. The Hall–Kier alpha value is -1.78. The fourth-order valence-electron chi connectivity index (χ4n) is 1.47. The van der Waals surface area contributed by atoms with E-state index in [-0.39, 0.29) is 0 Å². The minimum atomic E-state index is -1.25. The normalized spacial score (nSPS) is 13.2. The molecule has 5 nitrogen and oxygen atoms in total. The van der Waals surface area contributed by atoms with Gasteiger partial charge in [0.1, 0.15) is 5.54 Å². The van der Waals surface area contributed by atoms with E-state index in [2.05, 4.69) is 18.5 Å². The van der Waals surface area contributed by atoms with Crippen molar-refractivity contribution in [1.82, 2.24) is 5.32 Å². The van der Waals surface area contributed by atoms with E-state index in [1.807, 2.05) is 0 Å². The smallest absolute Gasteiger partial charge is 0.329 e. The van der Waals surface area contributed by atoms with Gasteiger partial charge < -0.3 is 15.2 Å². The van der Waals surface area contributed by atoms with E-state index < -0.39 is 17.4 Å². The van der Waals surface area contributed by atoms with Gasteiger partial charge in [-0.2, -0.15) is 0 Å². The van der Waals surface area contributed by atoms with Gasteiger partial charge in [-0.05, 0) is 32.3 Å². The Balaban J connectivity index is 4.11. The van der Waals surface area contributed by atoms with Gasteiger partial charge in [-0.25, -0.2) is 4.79 Å². The number of carbonyl (C=O) groups excluding carboxylic acids is 1. The Morgan fingerprint density at radius 3 is 2.50 bits per heavy atom. The van der Waals surface area contributed by atoms with Crippen LogP contribution in [0.3, 0.4) is 0 Å². The fraction of sp³-hybridized carbons (Fsp3) is 0.538. The second-order valence-corrected chi connectivity index (χ2v) is 4.18. The summed E-state index contributed by atoms with van der Waals surface area (Å²) in [5, 5.41) is 11.6. The average molecular weight is 255 g/mol. The Bertz CT molecular complexity index is 314. The van der Waals surface area contributed by atoms with E-state index in [1.165, 1.54) is 13.2 Å². The number of ether oxygens (including phenoxy) is 1. The first-order valence-corrected chi connectivity index (χ1v) is 5.86. The molecular formula is C13H21NO4. The number of amides is 1. The maximum Gasteiger partial charge on any atom is 0.329 e. The summed E-state index contributed by atoms with van der Waals surface area (Å²) >= 11 is 0. The highest BCUT2D eigenvalue weighted by atomic mass is 16.5. The molecule has 1 amide bonds. The molecule has 0 aliphatic carbocycles. The molecule has 102 valence electrons. The molecule has 2 N–H and O–H groups in total. The quantitative estimate of drug-likeness (QED) is 0.355. The monoisotopic (exact) mass is 255 g/mol. The van der Waals surface area contributed by atoms with E-state index >= 15 is 0 Å². The first-order chi connectivity index (χ1) is 8.46. The molecule has 0 aliphatic heterocycles. The molecule has 18 heavy (non-hydrogen) atoms. The maximum absolute atomic E-state index is 11.2. The standard InChI is InChI=1S/C13H21NO4/c1-4-11(15)14-13(3,12(16)17)9-7-6-8-10-18-5-2/h4-5H,1-2,6-10H2,3H3,(H,14,15)(H,16,17). The number of carboxylic acids is 1. The van der Waals surface area contributed by atoms with Gasteiger partial charge in [0.05, 0.1) is 12.9 Å². The van der Waals surface area contributed by atoms with Gasteiger partial charge in [0, 0.05) is 0 Å². The predicted octanol–water partition coefficient (Wildman–Crippen LogP) is 1.85. The average Bonchev–Trinajstić information content (AvgIpc) is 2.33. The van der Waals surface area contributed by atoms with Crippen molar-refractivity contribution in [2.75, 3.05) is 6.61 Å². The Morgan fingerprint density at radius 1 is 1.33 bits per heavy atom. The zero-order chi connectivity index (χ0) is 14.0. The van der Waals surface area contributed by atoms with E-state index in [0.717, 1.165) is 18.9 Å². The lowest BCUT2D eigenvalue weighted by atomic mass is 9.94. The van der Waals surface area contributed by atoms with Gasteiger partial charge in [0.2, 0.25) is 5.91 Å². The van der Waals surface area contributed by atoms with Crippen LogP contribution >= 0.6 is 0 Å². The minimum Gasteiger partial charge on any atom is -0.502 e. The second kappa shape index (κ2) is 8.33. The van der Waals surface area contributed by atoms with Crippen molar-refractivity contribution in [2.24, 2.45) is 0 Å². The zero-order valence-corrected chi connectivity index (χ0v) is 10.8. The van der Waals surface area contributed by atoms with Gasteiger partial charge in [0.15, 0.2) is 0 Å². The van der Waals surface area contributed by atoms with Gasteiger partial charge in [-0.3, -0.25) is 4.79 Å². The Kier molecular flexibility index (Phi) is 7.51. The summed E-state index contributed by atoms with van der Waals surface area (Å²) in [6, 6.07) is 0. The molecule has 0 saturated heterocycles. The predicted molar refractivity (Wildman–Crippen MR) is 69.0 cm³/mol. The lowest BCUT2D eigenvalue weighted by molar-refractivity contribution is -0.146. The Morgan fingerprint density at radius 2 is 2.00 bits per heavy atom. The summed E-state index contributed by atoms with van der Waals surface area (Å²) in [4.78, 5) is 22.3. The highest BCUT2D eigenvalue weighted by Gasteiger charge is 2.33. The summed E-state index contributed by atoms with van der Waals surface area (Å²) in [6.45, 7) is 8.80. The van der Waals surface area contributed by atoms with Crippen molar-refractivity contribution in [2.45, 2.75) is 38.1 Å². The van der Waals surface area contributed by atoms with Crippen LogP contribution in [0.1, 0.15) is 32.6 Å². The number of aliphatic carboxylic acids is 1. The first-order valence-electron chi connectivity index (χ1n) is 5.86. The lowest BCUT2D eigenvalue weighted by Crippen LogP contribution is -2.51. The number of carboxylic acid groups (broad SMARTS) is 1. The van der Waals surface area contributed by atoms with Crippen LogP contribution in [0.4, 0.5) is 0 Å². The molecule has 0 aliphatic rings. The second-order valence-electron chi connectivity index (χ2n) is 4.18. The summed E-state index contributed by atoms with van der Waals surface area (Å²) in [5.74, 6) is -1.52. The SMILES string of the molecule is C=COCCCCCC(C)(NC(=O)C=C)C(=O)O. The highest BCUT2D eigenvalue weighted by Crippen LogP contribution is 2.15. The van der Waals surface area contributed by atoms with Crippen LogP contribution in [-0.2, 0) is 14.3 Å². The van der Waals surface area contributed by atoms with Gasteiger partial charge >= 0.3 is 5.97 Å². The maximum atomic E-state index is 11.2. The molecule has 0 aromatic carbocycles. The highest BCUT2D eigenvalue weighted by molar-refractivity contribution is 5.92. The van der Waals surface area contributed by atoms with E-state index in [4.69, 9.17) is 9.84 Å². The first kappa shape index (κ1) is 16.2. The largest absolute Gasteiger partial charge is 0.502 e. The molecular weight excluding hydrogens is 234 g/mol. The van der Waals surface area contributed by atoms with E-state index in [9.17, 15) is 9.59 Å². The van der Waals surface area contributed by atoms with Crippen molar-refractivity contribution in [1.29, 1.82) is 0 Å². The Labute approximate surface area is 108 Å². The molecule has 1 atom stereocenters. The van der Waals surface area contributed by atoms with Crippen molar-refractivity contribution in [3.8, 4) is 0 Å². The molecule has 5 heteroatoms. The lowest BCUT2D eigenvalue weighted by Gasteiger charge is -2.25. The van der Waals surface area contributed by atoms with E-state index in [0.29, 0.717) is 19.4 Å². The molecule has 0 saturated carbocycles. The third kappa shape index (κ3) is 6.08. The van der Waals surface area contributed by atoms with Crippen LogP contribution in [0.25, 0.3) is 0 Å². The molecule has 0 fully saturated rings. The minimum absolute atomic E-state index is 0.371. The van der Waals surface area contributed by atoms with Crippen LogP contribution in [-0.4, -0.2) is 29.1 Å². The molecule has 1 unspecified atom stereocenters. The van der Waals surface area contributed by atoms with Gasteiger partial charge in [-0.15, -0.1) is 0 Å². The van der Waals surface area contributed by atoms with Crippen LogP contribution in [0.2, 0.25) is 0 Å². The van der Waals surface area contributed by atoms with Gasteiger partial charge in [0.25, 0.3) is 0 Å². The van der Waals surface area contributed by atoms with Crippen LogP contribution in [0.15, 0.2) is 25.5 Å². The zero-order valence-electron chi connectivity index (χ0n) is 10.8. The number of hydrogen-bond donors (Lipinski definition) is 2. The molecule has 0 radical (unpaired) electrons. The molecule has 0 bridgehead atoms. The molecule has 0 aromatic heterocycles. The summed E-state index contributed by atoms with van der Waals surface area (Å²) in [6.07, 6.45) is 5.18. The van der Waals surface area contributed by atoms with Crippen molar-refractivity contribution in [3.05, 3.63) is 25.5 Å². The number of carbonyl (C=O) groups is 2. The van der Waals surface area contributed by atoms with Crippen LogP contribution in [0, 0.1) is 0 Å². The summed E-state index contributed by atoms with van der Waals surface area (Å²) in [7, 11) is 0. The van der Waals surface area contributed by atoms with Crippen molar-refractivity contribution >= 4 is 11.9 Å². The van der Waals surface area contributed by atoms with E-state index in [1.54, 1.807) is 0 Å². The van der Waals surface area contributed by atoms with Crippen molar-refractivity contribution in [3.63, 3.8) is 0 Å². The molecule has 0 heterocycles. The van der Waals surface area contributed by atoms with Crippen molar-refractivity contribution < 1.29 is 19.4 Å². The number of unbranched alkanes of at least 4 members (excludes halogenated alkanes) is 2. The summed E-state index contributed by atoms with van der Waals surface area (Å²) < 4.78 is 4.96.